The summed E-state index contributed by atoms with van der Waals surface area (Å²) in [5, 5.41) is 14.2. The lowest BCUT2D eigenvalue weighted by Crippen LogP contribution is -2.28. The Morgan fingerprint density at radius 3 is 0.987 bits per heavy atom. The van der Waals surface area contributed by atoms with Crippen molar-refractivity contribution in [2.75, 3.05) is 0 Å². The maximum atomic E-state index is 12.3. The zero-order valence-electron chi connectivity index (χ0n) is 40.5. The molecule has 0 fully saturated rings. The molecule has 5 aromatic carbocycles. The summed E-state index contributed by atoms with van der Waals surface area (Å²) >= 11 is 0. The van der Waals surface area contributed by atoms with E-state index in [1.165, 1.54) is 0 Å². The minimum absolute atomic E-state index is 0.122. The second-order valence-electron chi connectivity index (χ2n) is 13.7. The fraction of sp³-hybridized carbons (Fsp3) is 0.0270. The van der Waals surface area contributed by atoms with E-state index >= 15 is 0 Å². The number of hydrogen-bond acceptors (Lipinski definition) is 4. The Kier molecular flexibility index (Phi) is 24.2. The van der Waals surface area contributed by atoms with Crippen LogP contribution in [0.1, 0.15) is 22.3 Å². The van der Waals surface area contributed by atoms with E-state index in [9.17, 15) is 5.11 Å². The van der Waals surface area contributed by atoms with Crippen LogP contribution >= 0.6 is 0 Å². The summed E-state index contributed by atoms with van der Waals surface area (Å²) < 4.78 is 17.6. The quantitative estimate of drug-likeness (QED) is 0.139. The Balaban J connectivity index is 1.26. The monoisotopic (exact) mass is 976 g/mol. The van der Waals surface area contributed by atoms with Crippen LogP contribution in [0, 0.1) is 262 Å². The van der Waals surface area contributed by atoms with Gasteiger partial charge >= 0.3 is 0 Å². The minimum Gasteiger partial charge on any atom is -0.489 e. The third-order valence-corrected chi connectivity index (χ3v) is 8.79. The fourth-order valence-electron chi connectivity index (χ4n) is 5.75. The van der Waals surface area contributed by atoms with Crippen LogP contribution in [0.15, 0.2) is 115 Å². The molecular weight excluding hydrogens is 953 g/mol. The van der Waals surface area contributed by atoms with Crippen LogP contribution in [0.2, 0.25) is 0 Å². The summed E-state index contributed by atoms with van der Waals surface area (Å²) in [5.41, 5.74) is 1.53. The molecule has 5 rings (SSSR count). The van der Waals surface area contributed by atoms with E-state index in [1.807, 2.05) is 97.1 Å². The molecule has 0 aliphatic rings. The molecule has 1 N–H and O–H groups in total. The summed E-state index contributed by atoms with van der Waals surface area (Å²) in [5.74, 6) is 101. The molecule has 0 aromatic heterocycles. The number of aliphatic hydroxyl groups is 1. The van der Waals surface area contributed by atoms with Gasteiger partial charge in [0.1, 0.15) is 41.7 Å². The lowest BCUT2D eigenvalue weighted by Gasteiger charge is -2.30. The van der Waals surface area contributed by atoms with Crippen LogP contribution in [-0.2, 0) is 12.2 Å². The third kappa shape index (κ3) is 21.0. The van der Waals surface area contributed by atoms with Crippen LogP contribution in [-0.4, -0.2) is 5.11 Å². The highest BCUT2D eigenvalue weighted by Crippen LogP contribution is 2.38. The molecule has 0 unspecified atom stereocenters. The van der Waals surface area contributed by atoms with Crippen molar-refractivity contribution in [1.29, 1.82) is 0 Å². The van der Waals surface area contributed by atoms with Gasteiger partial charge in [0, 0.05) is 148 Å². The number of fused-ring (bicyclic) bond motifs is 1. The van der Waals surface area contributed by atoms with Gasteiger partial charge in [0.05, 0.1) is 0 Å². The lowest BCUT2D eigenvalue weighted by atomic mass is 9.80. The third-order valence-electron chi connectivity index (χ3n) is 8.79. The average molecular weight is 977 g/mol. The molecule has 0 saturated heterocycles. The molecule has 0 atom stereocenters. The first-order valence-corrected chi connectivity index (χ1v) is 22.0. The van der Waals surface area contributed by atoms with Gasteiger partial charge in [-0.3, -0.25) is 0 Å². The molecule has 0 heterocycles. The van der Waals surface area contributed by atoms with Gasteiger partial charge in [-0.15, -0.1) is 12.8 Å². The average Bonchev–Trinajstić information content (AvgIpc) is 3.49. The number of rotatable bonds is 8. The van der Waals surface area contributed by atoms with Crippen molar-refractivity contribution >= 4 is 10.8 Å². The molecule has 4 heteroatoms. The SMILES string of the molecule is C#CC#CC#CC#CC#CC#CC#CC#CC#CC#CC#COc1cc(COc2ccc3cc(C(O)(c4ccccc4)c4ccccc4)ccc3c2)cc(OC#CC#CC#CC#CC#CC#CC#CC#CC#CC#CC#C)c1. The van der Waals surface area contributed by atoms with Gasteiger partial charge in [-0.05, 0) is 158 Å². The summed E-state index contributed by atoms with van der Waals surface area (Å²) in [6, 6.07) is 35.9. The van der Waals surface area contributed by atoms with Crippen LogP contribution in [0.4, 0.5) is 0 Å². The Hall–Kier alpha value is -14.0. The van der Waals surface area contributed by atoms with Gasteiger partial charge in [-0.1, -0.05) is 78.9 Å². The maximum Gasteiger partial charge on any atom is 0.144 e. The zero-order chi connectivity index (χ0) is 54.7. The first-order chi connectivity index (χ1) is 38.6. The van der Waals surface area contributed by atoms with Gasteiger partial charge in [0.25, 0.3) is 0 Å². The first kappa shape index (κ1) is 55.0. The largest absolute Gasteiger partial charge is 0.489 e. The summed E-state index contributed by atoms with van der Waals surface area (Å²) in [4.78, 5) is 0. The van der Waals surface area contributed by atoms with Gasteiger partial charge in [-0.2, -0.15) is 0 Å². The van der Waals surface area contributed by atoms with Crippen LogP contribution < -0.4 is 14.2 Å². The van der Waals surface area contributed by atoms with E-state index in [-0.39, 0.29) is 6.61 Å². The summed E-state index contributed by atoms with van der Waals surface area (Å²) in [6.07, 6.45) is 15.1. The highest BCUT2D eigenvalue weighted by molar-refractivity contribution is 5.85. The number of benzene rings is 5. The molecule has 0 radical (unpaired) electrons. The lowest BCUT2D eigenvalue weighted by molar-refractivity contribution is 0.126. The number of terminal acetylenes is 2. The Bertz CT molecular complexity index is 4400. The van der Waals surface area contributed by atoms with Gasteiger partial charge in [0.2, 0.25) is 0 Å². The van der Waals surface area contributed by atoms with E-state index in [1.54, 1.807) is 18.2 Å². The molecular formula is C74H24O4. The van der Waals surface area contributed by atoms with Gasteiger partial charge in [0.15, 0.2) is 0 Å². The molecule has 344 valence electrons. The second kappa shape index (κ2) is 34.4. The summed E-state index contributed by atoms with van der Waals surface area (Å²) in [6.45, 7) is 0.122. The van der Waals surface area contributed by atoms with Crippen molar-refractivity contribution < 1.29 is 19.3 Å². The van der Waals surface area contributed by atoms with Crippen molar-refractivity contribution in [3.63, 3.8) is 0 Å². The van der Waals surface area contributed by atoms with Crippen LogP contribution in [0.3, 0.4) is 0 Å². The van der Waals surface area contributed by atoms with E-state index in [2.05, 4.69) is 249 Å². The van der Waals surface area contributed by atoms with Crippen molar-refractivity contribution in [2.45, 2.75) is 12.2 Å². The highest BCUT2D eigenvalue weighted by atomic mass is 16.5. The number of ether oxygens (including phenoxy) is 3. The Morgan fingerprint density at radius 1 is 0.308 bits per heavy atom. The van der Waals surface area contributed by atoms with Crippen molar-refractivity contribution in [3.8, 4) is 279 Å². The molecule has 0 spiro atoms. The van der Waals surface area contributed by atoms with Crippen LogP contribution in [0.5, 0.6) is 17.2 Å². The minimum atomic E-state index is -1.38. The van der Waals surface area contributed by atoms with Crippen molar-refractivity contribution in [3.05, 3.63) is 138 Å². The van der Waals surface area contributed by atoms with E-state index < -0.39 is 5.60 Å². The molecule has 5 aromatic rings. The van der Waals surface area contributed by atoms with Gasteiger partial charge in [-0.25, -0.2) is 0 Å². The topological polar surface area (TPSA) is 47.9 Å². The fourth-order valence-corrected chi connectivity index (χ4v) is 5.75. The number of hydrogen-bond donors (Lipinski definition) is 1. The van der Waals surface area contributed by atoms with Crippen LogP contribution in [0.25, 0.3) is 10.8 Å². The first-order valence-electron chi connectivity index (χ1n) is 22.0. The zero-order valence-corrected chi connectivity index (χ0v) is 40.5. The van der Waals surface area contributed by atoms with Crippen molar-refractivity contribution in [2.24, 2.45) is 0 Å². The molecule has 0 aliphatic heterocycles. The molecule has 0 saturated carbocycles. The predicted molar refractivity (Wildman–Crippen MR) is 304 cm³/mol. The maximum absolute atomic E-state index is 12.3. The predicted octanol–water partition coefficient (Wildman–Crippen LogP) is 6.71. The highest BCUT2D eigenvalue weighted by Gasteiger charge is 2.33. The van der Waals surface area contributed by atoms with E-state index in [4.69, 9.17) is 27.1 Å². The Morgan fingerprint density at radius 2 is 0.628 bits per heavy atom. The van der Waals surface area contributed by atoms with E-state index in [0.717, 1.165) is 27.5 Å². The Labute approximate surface area is 456 Å². The standard InChI is InChI=1S/C74H24O4/c1-3-5-7-9-11-13-15-17-19-21-23-25-27-29-31-33-35-37-39-47-57-76-72-59-65(60-73(63-72)77-58-48-40-38-36-34-32-30-28-26-24-22-20-18-16-14-12-10-8-6-4-2)64-78-71-56-54-66-61-70(55-53-67(66)62-71)74(75,68-49-43-41-44-50-68)69-51-45-42-46-52-69/h1-2,41-46,49-56,59-63,75H,64H2. The summed E-state index contributed by atoms with van der Waals surface area (Å²) in [7, 11) is 0. The smallest absolute Gasteiger partial charge is 0.144 e. The van der Waals surface area contributed by atoms with Crippen molar-refractivity contribution in [1.82, 2.24) is 0 Å². The molecule has 0 aliphatic carbocycles. The molecule has 0 amide bonds. The van der Waals surface area contributed by atoms with E-state index in [0.29, 0.717) is 22.8 Å². The van der Waals surface area contributed by atoms with Gasteiger partial charge < -0.3 is 19.3 Å². The normalized spacial score (nSPS) is 7.32. The molecule has 78 heavy (non-hydrogen) atoms. The molecule has 4 nitrogen and oxygen atoms in total. The second-order valence-corrected chi connectivity index (χ2v) is 13.7. The molecule has 0 bridgehead atoms.